The van der Waals surface area contributed by atoms with Gasteiger partial charge in [0.05, 0.1) is 17.4 Å². The molecule has 0 aliphatic heterocycles. The van der Waals surface area contributed by atoms with Crippen LogP contribution in [0.4, 0.5) is 0 Å². The quantitative estimate of drug-likeness (QED) is 0.686. The van der Waals surface area contributed by atoms with Gasteiger partial charge in [-0.25, -0.2) is 0 Å². The molecule has 8 bridgehead atoms. The van der Waals surface area contributed by atoms with Gasteiger partial charge in [0.15, 0.2) is 0 Å². The number of rotatable bonds is 4. The number of aliphatic carboxylic acids is 1. The molecule has 6 heteroatoms. The molecule has 0 aromatic rings. The molecule has 154 valence electrons. The van der Waals surface area contributed by atoms with E-state index in [1.165, 1.54) is 38.5 Å². The van der Waals surface area contributed by atoms with Gasteiger partial charge in [-0.05, 0) is 99.7 Å². The van der Waals surface area contributed by atoms with Crippen molar-refractivity contribution in [2.45, 2.75) is 64.2 Å². The predicted molar refractivity (Wildman–Crippen MR) is 102 cm³/mol. The van der Waals surface area contributed by atoms with Crippen LogP contribution in [0.3, 0.4) is 0 Å². The number of carboxylic acid groups (broad SMARTS) is 1. The van der Waals surface area contributed by atoms with Gasteiger partial charge >= 0.3 is 5.97 Å². The summed E-state index contributed by atoms with van der Waals surface area (Å²) in [5.74, 6) is 3.29. The van der Waals surface area contributed by atoms with Crippen molar-refractivity contribution < 1.29 is 19.5 Å². The summed E-state index contributed by atoms with van der Waals surface area (Å²) in [6.45, 7) is -0.0113. The first-order valence-corrected chi connectivity index (χ1v) is 11.1. The molecule has 8 rings (SSSR count). The summed E-state index contributed by atoms with van der Waals surface area (Å²) in [7, 11) is 0. The van der Waals surface area contributed by atoms with Crippen LogP contribution < -0.4 is 11.1 Å². The van der Waals surface area contributed by atoms with Gasteiger partial charge in [-0.2, -0.15) is 0 Å². The van der Waals surface area contributed by atoms with E-state index < -0.39 is 11.9 Å². The van der Waals surface area contributed by atoms with Gasteiger partial charge in [-0.3, -0.25) is 14.4 Å². The molecule has 28 heavy (non-hydrogen) atoms. The highest BCUT2D eigenvalue weighted by Crippen LogP contribution is 2.66. The lowest BCUT2D eigenvalue weighted by molar-refractivity contribution is -0.150. The minimum atomic E-state index is -0.503. The standard InChI is InChI=1S/C12H18N2O2.C10H14O2/c13-10(15)6-14-11(16)12-4-7-1-8(5-12)3-9(12)2-7;11-9(12)10-4-6-1-7(5-10)3-8(10)2-6/h7-9H,1-6H2,(H2,13,15)(H,14,16);6-8H,1-5H2,(H,11,12). The number of carbonyl (C=O) groups excluding carboxylic acids is 2. The number of nitrogens with one attached hydrogen (secondary N) is 1. The summed E-state index contributed by atoms with van der Waals surface area (Å²) >= 11 is 0. The molecular formula is C22H32N2O4. The number of amides is 2. The topological polar surface area (TPSA) is 109 Å². The van der Waals surface area contributed by atoms with Gasteiger partial charge in [0.25, 0.3) is 0 Å². The molecule has 8 saturated carbocycles. The SMILES string of the molecule is NC(=O)CNC(=O)C12CC3CC(CC1C3)C2.O=C(O)C12CC3CC(CC1C3)C2. The Morgan fingerprint density at radius 3 is 1.61 bits per heavy atom. The number of hydrogen-bond donors (Lipinski definition) is 3. The molecule has 6 nitrogen and oxygen atoms in total. The smallest absolute Gasteiger partial charge is 0.309 e. The first-order chi connectivity index (χ1) is 13.3. The van der Waals surface area contributed by atoms with Gasteiger partial charge in [0.1, 0.15) is 0 Å². The van der Waals surface area contributed by atoms with Crippen LogP contribution in [0.25, 0.3) is 0 Å². The maximum atomic E-state index is 12.2. The fourth-order valence-corrected chi connectivity index (χ4v) is 8.66. The molecule has 0 aromatic heterocycles. The Labute approximate surface area is 166 Å². The average Bonchev–Trinajstić information content (AvgIpc) is 3.23. The second-order valence-corrected chi connectivity index (χ2v) is 10.9. The fraction of sp³-hybridized carbons (Fsp3) is 0.864. The van der Waals surface area contributed by atoms with E-state index in [0.29, 0.717) is 11.8 Å². The number of nitrogens with two attached hydrogens (primary N) is 1. The Hall–Kier alpha value is -1.59. The van der Waals surface area contributed by atoms with Gasteiger partial charge < -0.3 is 16.2 Å². The van der Waals surface area contributed by atoms with Crippen molar-refractivity contribution in [2.75, 3.05) is 6.54 Å². The molecule has 8 aliphatic rings. The van der Waals surface area contributed by atoms with Crippen molar-refractivity contribution in [3.63, 3.8) is 0 Å². The lowest BCUT2D eigenvalue weighted by atomic mass is 9.75. The van der Waals surface area contributed by atoms with Crippen molar-refractivity contribution in [1.29, 1.82) is 0 Å². The van der Waals surface area contributed by atoms with Crippen LogP contribution in [0.2, 0.25) is 0 Å². The van der Waals surface area contributed by atoms with Crippen LogP contribution in [0.1, 0.15) is 64.2 Å². The Morgan fingerprint density at radius 2 is 1.21 bits per heavy atom. The fourth-order valence-electron chi connectivity index (χ4n) is 8.66. The highest BCUT2D eigenvalue weighted by atomic mass is 16.4. The van der Waals surface area contributed by atoms with Crippen LogP contribution in [0.15, 0.2) is 0 Å². The molecule has 0 radical (unpaired) electrons. The third-order valence-corrected chi connectivity index (χ3v) is 9.28. The molecule has 2 amide bonds. The molecule has 0 aromatic carbocycles. The summed E-state index contributed by atoms with van der Waals surface area (Å²) in [4.78, 5) is 34.1. The second kappa shape index (κ2) is 6.20. The molecule has 0 heterocycles. The molecule has 4 N–H and O–H groups in total. The highest BCUT2D eigenvalue weighted by Gasteiger charge is 2.62. The lowest BCUT2D eigenvalue weighted by Gasteiger charge is -2.31. The third-order valence-electron chi connectivity index (χ3n) is 9.28. The zero-order valence-electron chi connectivity index (χ0n) is 16.5. The van der Waals surface area contributed by atoms with Crippen LogP contribution >= 0.6 is 0 Å². The normalized spacial score (nSPS) is 48.4. The zero-order valence-corrected chi connectivity index (χ0v) is 16.5. The summed E-state index contributed by atoms with van der Waals surface area (Å²) in [6.07, 6.45) is 11.6. The molecule has 0 spiro atoms. The largest absolute Gasteiger partial charge is 0.481 e. The van der Waals surface area contributed by atoms with Gasteiger partial charge in [-0.1, -0.05) is 0 Å². The number of carbonyl (C=O) groups is 3. The molecule has 4 atom stereocenters. The number of primary amides is 1. The zero-order chi connectivity index (χ0) is 19.7. The Kier molecular flexibility index (Phi) is 4.08. The second-order valence-electron chi connectivity index (χ2n) is 10.9. The average molecular weight is 389 g/mol. The van der Waals surface area contributed by atoms with Crippen molar-refractivity contribution in [3.05, 3.63) is 0 Å². The summed E-state index contributed by atoms with van der Waals surface area (Å²) in [6, 6.07) is 0. The van der Waals surface area contributed by atoms with Crippen LogP contribution in [-0.4, -0.2) is 29.4 Å². The molecular weight excluding hydrogens is 356 g/mol. The number of hydrogen-bond acceptors (Lipinski definition) is 3. The minimum absolute atomic E-state index is 0.0113. The Bertz CT molecular complexity index is 691. The molecule has 0 saturated heterocycles. The van der Waals surface area contributed by atoms with E-state index in [-0.39, 0.29) is 23.3 Å². The van der Waals surface area contributed by atoms with E-state index in [9.17, 15) is 19.5 Å². The van der Waals surface area contributed by atoms with Crippen molar-refractivity contribution in [1.82, 2.24) is 5.32 Å². The van der Waals surface area contributed by atoms with Crippen molar-refractivity contribution in [3.8, 4) is 0 Å². The van der Waals surface area contributed by atoms with Gasteiger partial charge in [0, 0.05) is 0 Å². The van der Waals surface area contributed by atoms with Crippen molar-refractivity contribution in [2.24, 2.45) is 52.1 Å². The van der Waals surface area contributed by atoms with Crippen LogP contribution in [0.5, 0.6) is 0 Å². The van der Waals surface area contributed by atoms with E-state index in [0.717, 1.165) is 49.4 Å². The Balaban J connectivity index is 0.000000127. The molecule has 8 aliphatic carbocycles. The first-order valence-electron chi connectivity index (χ1n) is 11.1. The lowest BCUT2D eigenvalue weighted by Crippen LogP contribution is -2.44. The maximum Gasteiger partial charge on any atom is 0.309 e. The van der Waals surface area contributed by atoms with Crippen molar-refractivity contribution >= 4 is 17.8 Å². The molecule has 8 fully saturated rings. The highest BCUT2D eigenvalue weighted by molar-refractivity contribution is 5.88. The van der Waals surface area contributed by atoms with Gasteiger partial charge in [-0.15, -0.1) is 0 Å². The minimum Gasteiger partial charge on any atom is -0.481 e. The molecule has 4 unspecified atom stereocenters. The summed E-state index contributed by atoms with van der Waals surface area (Å²) in [5.41, 5.74) is 4.66. The maximum absolute atomic E-state index is 12.2. The first kappa shape index (κ1) is 18.4. The predicted octanol–water partition coefficient (Wildman–Crippen LogP) is 2.31. The third kappa shape index (κ3) is 2.62. The van der Waals surface area contributed by atoms with E-state index in [1.54, 1.807) is 0 Å². The van der Waals surface area contributed by atoms with E-state index in [2.05, 4.69) is 5.32 Å². The summed E-state index contributed by atoms with van der Waals surface area (Å²) < 4.78 is 0. The van der Waals surface area contributed by atoms with Crippen LogP contribution in [0, 0.1) is 46.3 Å². The van der Waals surface area contributed by atoms with Gasteiger partial charge in [0.2, 0.25) is 11.8 Å². The Morgan fingerprint density at radius 1 is 0.786 bits per heavy atom. The monoisotopic (exact) mass is 388 g/mol. The van der Waals surface area contributed by atoms with E-state index >= 15 is 0 Å². The van der Waals surface area contributed by atoms with E-state index in [4.69, 9.17) is 5.73 Å². The summed E-state index contributed by atoms with van der Waals surface area (Å²) in [5, 5.41) is 11.9. The van der Waals surface area contributed by atoms with Crippen LogP contribution in [-0.2, 0) is 14.4 Å². The number of carboxylic acids is 1. The van der Waals surface area contributed by atoms with E-state index in [1.807, 2.05) is 0 Å².